The average Bonchev–Trinajstić information content (AvgIpc) is 1.63. The SMILES string of the molecule is CC(=O)SCCC(=O)O.Cl. The van der Waals surface area contributed by atoms with Crippen molar-refractivity contribution in [1.29, 1.82) is 0 Å². The fourth-order valence-corrected chi connectivity index (χ4v) is 0.846. The van der Waals surface area contributed by atoms with Crippen LogP contribution in [0.2, 0.25) is 0 Å². The first-order valence-corrected chi connectivity index (χ1v) is 3.46. The Morgan fingerprint density at radius 1 is 1.50 bits per heavy atom. The first-order valence-electron chi connectivity index (χ1n) is 2.48. The Morgan fingerprint density at radius 3 is 2.30 bits per heavy atom. The Hall–Kier alpha value is -0.220. The third kappa shape index (κ3) is 10.7. The van der Waals surface area contributed by atoms with Gasteiger partial charge in [0.25, 0.3) is 0 Å². The summed E-state index contributed by atoms with van der Waals surface area (Å²) in [5, 5.41) is 8.07. The number of hydrogen-bond donors (Lipinski definition) is 1. The Labute approximate surface area is 69.6 Å². The highest BCUT2D eigenvalue weighted by Crippen LogP contribution is 2.01. The highest BCUT2D eigenvalue weighted by molar-refractivity contribution is 8.13. The van der Waals surface area contributed by atoms with Crippen molar-refractivity contribution in [2.45, 2.75) is 13.3 Å². The van der Waals surface area contributed by atoms with Crippen molar-refractivity contribution in [1.82, 2.24) is 0 Å². The molecule has 0 fully saturated rings. The molecule has 0 saturated heterocycles. The van der Waals surface area contributed by atoms with Crippen LogP contribution in [0.25, 0.3) is 0 Å². The zero-order valence-corrected chi connectivity index (χ0v) is 7.13. The van der Waals surface area contributed by atoms with Crippen molar-refractivity contribution >= 4 is 35.3 Å². The normalized spacial score (nSPS) is 8.10. The zero-order valence-electron chi connectivity index (χ0n) is 5.49. The number of hydrogen-bond acceptors (Lipinski definition) is 3. The van der Waals surface area contributed by atoms with E-state index in [2.05, 4.69) is 0 Å². The van der Waals surface area contributed by atoms with Crippen LogP contribution in [0.3, 0.4) is 0 Å². The van der Waals surface area contributed by atoms with Crippen molar-refractivity contribution in [3.05, 3.63) is 0 Å². The van der Waals surface area contributed by atoms with Crippen LogP contribution in [0, 0.1) is 0 Å². The lowest BCUT2D eigenvalue weighted by atomic mass is 10.5. The maximum atomic E-state index is 10.2. The lowest BCUT2D eigenvalue weighted by molar-refractivity contribution is -0.136. The van der Waals surface area contributed by atoms with Gasteiger partial charge in [-0.2, -0.15) is 0 Å². The molecule has 0 spiro atoms. The number of rotatable bonds is 3. The van der Waals surface area contributed by atoms with Crippen molar-refractivity contribution in [3.63, 3.8) is 0 Å². The molecule has 0 aliphatic heterocycles. The lowest BCUT2D eigenvalue weighted by Gasteiger charge is -1.89. The highest BCUT2D eigenvalue weighted by Gasteiger charge is 1.97. The number of aliphatic carboxylic acids is 1. The summed E-state index contributed by atoms with van der Waals surface area (Å²) in [6, 6.07) is 0. The summed E-state index contributed by atoms with van der Waals surface area (Å²) >= 11 is 1.04. The molecule has 0 rings (SSSR count). The number of carboxylic acid groups (broad SMARTS) is 1. The third-order valence-electron chi connectivity index (χ3n) is 0.621. The van der Waals surface area contributed by atoms with Gasteiger partial charge >= 0.3 is 5.97 Å². The van der Waals surface area contributed by atoms with Gasteiger partial charge in [-0.05, 0) is 0 Å². The molecule has 0 radical (unpaired) electrons. The number of thioether (sulfide) groups is 1. The minimum atomic E-state index is -0.858. The maximum Gasteiger partial charge on any atom is 0.304 e. The third-order valence-corrected chi connectivity index (χ3v) is 1.44. The lowest BCUT2D eigenvalue weighted by Crippen LogP contribution is -1.97. The van der Waals surface area contributed by atoms with E-state index in [9.17, 15) is 9.59 Å². The van der Waals surface area contributed by atoms with Crippen LogP contribution < -0.4 is 0 Å². The Balaban J connectivity index is 0. The van der Waals surface area contributed by atoms with Crippen molar-refractivity contribution < 1.29 is 14.7 Å². The molecule has 0 amide bonds. The second-order valence-corrected chi connectivity index (χ2v) is 2.76. The maximum absolute atomic E-state index is 10.2. The molecule has 0 bridgehead atoms. The molecule has 0 aromatic heterocycles. The van der Waals surface area contributed by atoms with E-state index in [0.717, 1.165) is 11.8 Å². The first-order chi connectivity index (χ1) is 4.13. The smallest absolute Gasteiger partial charge is 0.304 e. The van der Waals surface area contributed by atoms with E-state index in [1.54, 1.807) is 0 Å². The molecule has 0 heterocycles. The first kappa shape index (κ1) is 12.5. The topological polar surface area (TPSA) is 54.4 Å². The van der Waals surface area contributed by atoms with E-state index in [1.165, 1.54) is 6.92 Å². The van der Waals surface area contributed by atoms with Crippen molar-refractivity contribution in [2.75, 3.05) is 5.75 Å². The van der Waals surface area contributed by atoms with Gasteiger partial charge in [0.1, 0.15) is 0 Å². The van der Waals surface area contributed by atoms with Crippen LogP contribution >= 0.6 is 24.2 Å². The fraction of sp³-hybridized carbons (Fsp3) is 0.600. The van der Waals surface area contributed by atoms with Crippen LogP contribution in [0.1, 0.15) is 13.3 Å². The molecule has 3 nitrogen and oxygen atoms in total. The molecule has 0 aliphatic carbocycles. The van der Waals surface area contributed by atoms with Gasteiger partial charge in [0, 0.05) is 12.7 Å². The van der Waals surface area contributed by atoms with E-state index in [4.69, 9.17) is 5.11 Å². The monoisotopic (exact) mass is 184 g/mol. The van der Waals surface area contributed by atoms with Gasteiger partial charge in [-0.3, -0.25) is 9.59 Å². The Morgan fingerprint density at radius 2 is 2.00 bits per heavy atom. The molecular weight excluding hydrogens is 176 g/mol. The van der Waals surface area contributed by atoms with Crippen LogP contribution in [0.4, 0.5) is 0 Å². The van der Waals surface area contributed by atoms with Crippen LogP contribution in [0.5, 0.6) is 0 Å². The number of carbonyl (C=O) groups is 2. The predicted molar refractivity (Wildman–Crippen MR) is 42.6 cm³/mol. The van der Waals surface area contributed by atoms with E-state index in [-0.39, 0.29) is 23.9 Å². The molecule has 0 aromatic rings. The Bertz CT molecular complexity index is 112. The summed E-state index contributed by atoms with van der Waals surface area (Å²) in [4.78, 5) is 20.1. The summed E-state index contributed by atoms with van der Waals surface area (Å²) in [5.41, 5.74) is 0. The number of carboxylic acids is 1. The fourth-order valence-electron chi connectivity index (χ4n) is 0.282. The van der Waals surface area contributed by atoms with E-state index < -0.39 is 5.97 Å². The molecule has 10 heavy (non-hydrogen) atoms. The van der Waals surface area contributed by atoms with Gasteiger partial charge in [0.15, 0.2) is 5.12 Å². The van der Waals surface area contributed by atoms with E-state index in [0.29, 0.717) is 5.75 Å². The average molecular weight is 185 g/mol. The molecule has 0 aromatic carbocycles. The second kappa shape index (κ2) is 6.89. The minimum Gasteiger partial charge on any atom is -0.481 e. The number of carbonyl (C=O) groups excluding carboxylic acids is 1. The standard InChI is InChI=1S/C5H8O3S.ClH/c1-4(6)9-3-2-5(7)8;/h2-3H2,1H3,(H,7,8);1H. The van der Waals surface area contributed by atoms with Gasteiger partial charge in [-0.25, -0.2) is 0 Å². The van der Waals surface area contributed by atoms with E-state index in [1.807, 2.05) is 0 Å². The van der Waals surface area contributed by atoms with Crippen LogP contribution in [0.15, 0.2) is 0 Å². The summed E-state index contributed by atoms with van der Waals surface area (Å²) in [6.07, 6.45) is 0.0598. The van der Waals surface area contributed by atoms with E-state index >= 15 is 0 Å². The predicted octanol–water partition coefficient (Wildman–Crippen LogP) is 1.16. The molecule has 5 heteroatoms. The molecule has 0 atom stereocenters. The van der Waals surface area contributed by atoms with Gasteiger partial charge in [-0.1, -0.05) is 11.8 Å². The molecule has 0 aliphatic rings. The molecule has 60 valence electrons. The van der Waals surface area contributed by atoms with Crippen molar-refractivity contribution in [3.8, 4) is 0 Å². The number of halogens is 1. The quantitative estimate of drug-likeness (QED) is 0.716. The van der Waals surface area contributed by atoms with Gasteiger partial charge < -0.3 is 5.11 Å². The van der Waals surface area contributed by atoms with Crippen molar-refractivity contribution in [2.24, 2.45) is 0 Å². The zero-order chi connectivity index (χ0) is 7.28. The van der Waals surface area contributed by atoms with Crippen LogP contribution in [-0.2, 0) is 9.59 Å². The molecule has 1 N–H and O–H groups in total. The molecule has 0 unspecified atom stereocenters. The highest BCUT2D eigenvalue weighted by atomic mass is 35.5. The van der Waals surface area contributed by atoms with Gasteiger partial charge in [0.2, 0.25) is 0 Å². The summed E-state index contributed by atoms with van der Waals surface area (Å²) in [6.45, 7) is 1.42. The second-order valence-electron chi connectivity index (χ2n) is 1.48. The van der Waals surface area contributed by atoms with Gasteiger partial charge in [0.05, 0.1) is 6.42 Å². The van der Waals surface area contributed by atoms with Crippen LogP contribution in [-0.4, -0.2) is 21.9 Å². The molecular formula is C5H9ClO3S. The van der Waals surface area contributed by atoms with Gasteiger partial charge in [-0.15, -0.1) is 12.4 Å². The minimum absolute atomic E-state index is 0. The summed E-state index contributed by atoms with van der Waals surface area (Å²) < 4.78 is 0. The summed E-state index contributed by atoms with van der Waals surface area (Å²) in [7, 11) is 0. The largest absolute Gasteiger partial charge is 0.481 e. The molecule has 0 saturated carbocycles. The Kier molecular flexibility index (Phi) is 8.59. The summed E-state index contributed by atoms with van der Waals surface area (Å²) in [5.74, 6) is -0.478.